The van der Waals surface area contributed by atoms with Gasteiger partial charge in [0.15, 0.2) is 0 Å². The molecule has 2 heterocycles. The fourth-order valence-corrected chi connectivity index (χ4v) is 1.70. The Morgan fingerprint density at radius 3 is 2.79 bits per heavy atom. The van der Waals surface area contributed by atoms with Crippen molar-refractivity contribution >= 4 is 11.6 Å². The quantitative estimate of drug-likeness (QED) is 0.776. The Labute approximate surface area is 113 Å². The molecule has 0 aliphatic rings. The average molecular weight is 274 g/mol. The molecular weight excluding hydrogens is 266 g/mol. The lowest BCUT2D eigenvalue weighted by atomic mass is 10.2. The highest BCUT2D eigenvalue weighted by atomic mass is 35.5. The average Bonchev–Trinajstić information content (AvgIpc) is 2.89. The molecule has 0 aliphatic heterocycles. The maximum Gasteiger partial charge on any atom is 0.276 e. The zero-order valence-corrected chi connectivity index (χ0v) is 10.4. The molecule has 5 nitrogen and oxygen atoms in total. The summed E-state index contributed by atoms with van der Waals surface area (Å²) in [6.45, 7) is 0. The first kappa shape index (κ1) is 11.7. The van der Waals surface area contributed by atoms with Gasteiger partial charge in [0.05, 0.1) is 5.02 Å². The Kier molecular flexibility index (Phi) is 2.89. The van der Waals surface area contributed by atoms with E-state index in [0.717, 1.165) is 0 Å². The van der Waals surface area contributed by atoms with E-state index in [9.17, 15) is 5.11 Å². The Morgan fingerprint density at radius 2 is 2.05 bits per heavy atom. The summed E-state index contributed by atoms with van der Waals surface area (Å²) < 4.78 is 5.14. The van der Waals surface area contributed by atoms with Crippen molar-refractivity contribution < 1.29 is 9.63 Å². The van der Waals surface area contributed by atoms with Crippen LogP contribution < -0.4 is 0 Å². The normalized spacial score (nSPS) is 10.6. The van der Waals surface area contributed by atoms with Crippen LogP contribution in [-0.2, 0) is 0 Å². The number of hydrogen-bond donors (Lipinski definition) is 1. The molecule has 0 saturated carbocycles. The molecule has 6 heteroatoms. The van der Waals surface area contributed by atoms with E-state index >= 15 is 0 Å². The van der Waals surface area contributed by atoms with Gasteiger partial charge in [0.1, 0.15) is 11.4 Å². The van der Waals surface area contributed by atoms with Gasteiger partial charge in [-0.3, -0.25) is 0 Å². The summed E-state index contributed by atoms with van der Waals surface area (Å²) in [7, 11) is 0. The fourth-order valence-electron chi connectivity index (χ4n) is 1.59. The van der Waals surface area contributed by atoms with Crippen molar-refractivity contribution in [3.05, 3.63) is 47.6 Å². The third-order valence-electron chi connectivity index (χ3n) is 2.48. The van der Waals surface area contributed by atoms with Crippen molar-refractivity contribution in [2.24, 2.45) is 0 Å². The van der Waals surface area contributed by atoms with Crippen LogP contribution in [0.1, 0.15) is 0 Å². The Hall–Kier alpha value is -2.40. The largest absolute Gasteiger partial charge is 0.508 e. The van der Waals surface area contributed by atoms with Crippen molar-refractivity contribution in [2.75, 3.05) is 0 Å². The zero-order valence-electron chi connectivity index (χ0n) is 9.62. The summed E-state index contributed by atoms with van der Waals surface area (Å²) in [6, 6.07) is 10.0. The molecule has 2 aromatic heterocycles. The van der Waals surface area contributed by atoms with Gasteiger partial charge in [0.25, 0.3) is 5.89 Å². The molecule has 0 spiro atoms. The Morgan fingerprint density at radius 1 is 1.16 bits per heavy atom. The fraction of sp³-hybridized carbons (Fsp3) is 0. The van der Waals surface area contributed by atoms with Crippen LogP contribution >= 0.6 is 11.6 Å². The van der Waals surface area contributed by atoms with Gasteiger partial charge in [-0.1, -0.05) is 28.9 Å². The summed E-state index contributed by atoms with van der Waals surface area (Å²) >= 11 is 5.76. The van der Waals surface area contributed by atoms with E-state index in [2.05, 4.69) is 15.1 Å². The third-order valence-corrected chi connectivity index (χ3v) is 2.70. The molecule has 0 unspecified atom stereocenters. The number of hydrogen-bond acceptors (Lipinski definition) is 5. The zero-order chi connectivity index (χ0) is 13.2. The lowest BCUT2D eigenvalue weighted by Gasteiger charge is -1.94. The summed E-state index contributed by atoms with van der Waals surface area (Å²) in [4.78, 5) is 8.32. The van der Waals surface area contributed by atoms with Crippen LogP contribution in [0.4, 0.5) is 0 Å². The second-order valence-electron chi connectivity index (χ2n) is 3.84. The minimum absolute atomic E-state index is 0.147. The maximum atomic E-state index is 9.42. The third kappa shape index (κ3) is 2.41. The van der Waals surface area contributed by atoms with Gasteiger partial charge in [-0.25, -0.2) is 4.98 Å². The maximum absolute atomic E-state index is 9.42. The highest BCUT2D eigenvalue weighted by Gasteiger charge is 2.11. The highest BCUT2D eigenvalue weighted by Crippen LogP contribution is 2.23. The van der Waals surface area contributed by atoms with E-state index in [4.69, 9.17) is 16.1 Å². The number of rotatable bonds is 2. The van der Waals surface area contributed by atoms with Crippen molar-refractivity contribution in [2.45, 2.75) is 0 Å². The first-order valence-corrected chi connectivity index (χ1v) is 5.85. The number of benzene rings is 1. The summed E-state index contributed by atoms with van der Waals surface area (Å²) in [6.07, 6.45) is 1.51. The minimum atomic E-state index is 0.147. The molecule has 0 radical (unpaired) electrons. The van der Waals surface area contributed by atoms with E-state index in [1.165, 1.54) is 6.20 Å². The molecule has 0 bridgehead atoms. The molecular formula is C13H8ClN3O2. The van der Waals surface area contributed by atoms with Crippen molar-refractivity contribution in [1.82, 2.24) is 15.1 Å². The minimum Gasteiger partial charge on any atom is -0.508 e. The van der Waals surface area contributed by atoms with Crippen molar-refractivity contribution in [3.63, 3.8) is 0 Å². The van der Waals surface area contributed by atoms with E-state index in [0.29, 0.717) is 28.0 Å². The number of pyridine rings is 1. The number of aromatic hydroxyl groups is 1. The van der Waals surface area contributed by atoms with E-state index in [1.807, 2.05) is 0 Å². The molecule has 19 heavy (non-hydrogen) atoms. The molecule has 1 N–H and O–H groups in total. The molecule has 3 aromatic rings. The number of nitrogens with zero attached hydrogens (tertiary/aromatic N) is 3. The van der Waals surface area contributed by atoms with Crippen molar-refractivity contribution in [1.29, 1.82) is 0 Å². The number of phenolic OH excluding ortho intramolecular Hbond substituents is 1. The monoisotopic (exact) mass is 273 g/mol. The van der Waals surface area contributed by atoms with Crippen LogP contribution in [0.5, 0.6) is 5.75 Å². The van der Waals surface area contributed by atoms with Gasteiger partial charge < -0.3 is 9.63 Å². The first-order chi connectivity index (χ1) is 9.22. The van der Waals surface area contributed by atoms with Crippen LogP contribution in [0, 0.1) is 0 Å². The Bertz CT molecular complexity index is 710. The lowest BCUT2D eigenvalue weighted by Crippen LogP contribution is -1.83. The molecule has 0 saturated heterocycles. The lowest BCUT2D eigenvalue weighted by molar-refractivity contribution is 0.431. The predicted molar refractivity (Wildman–Crippen MR) is 69.6 cm³/mol. The standard InChI is InChI=1S/C13H8ClN3O2/c14-9-4-5-11(15-7-9)13-16-12(17-19-13)8-2-1-3-10(18)6-8/h1-7,18H. The van der Waals surface area contributed by atoms with Crippen LogP contribution in [-0.4, -0.2) is 20.2 Å². The summed E-state index contributed by atoms with van der Waals surface area (Å²) in [5.41, 5.74) is 1.22. The van der Waals surface area contributed by atoms with Gasteiger partial charge in [0.2, 0.25) is 5.82 Å². The number of phenols is 1. The van der Waals surface area contributed by atoms with Gasteiger partial charge in [-0.05, 0) is 24.3 Å². The summed E-state index contributed by atoms with van der Waals surface area (Å²) in [5, 5.41) is 13.8. The molecule has 0 amide bonds. The van der Waals surface area contributed by atoms with Gasteiger partial charge in [-0.2, -0.15) is 4.98 Å². The SMILES string of the molecule is Oc1cccc(-c2noc(-c3ccc(Cl)cn3)n2)c1. The molecule has 3 rings (SSSR count). The van der Waals surface area contributed by atoms with E-state index in [1.54, 1.807) is 36.4 Å². The van der Waals surface area contributed by atoms with Crippen LogP contribution in [0.3, 0.4) is 0 Å². The number of aromatic nitrogens is 3. The van der Waals surface area contributed by atoms with Gasteiger partial charge in [-0.15, -0.1) is 0 Å². The second kappa shape index (κ2) is 4.70. The Balaban J connectivity index is 1.97. The van der Waals surface area contributed by atoms with Gasteiger partial charge >= 0.3 is 0 Å². The predicted octanol–water partition coefficient (Wildman–Crippen LogP) is 3.16. The molecule has 0 fully saturated rings. The van der Waals surface area contributed by atoms with Gasteiger partial charge in [0, 0.05) is 11.8 Å². The molecule has 0 atom stereocenters. The second-order valence-corrected chi connectivity index (χ2v) is 4.27. The highest BCUT2D eigenvalue weighted by molar-refractivity contribution is 6.30. The first-order valence-electron chi connectivity index (χ1n) is 5.47. The van der Waals surface area contributed by atoms with Crippen LogP contribution in [0.2, 0.25) is 5.02 Å². The van der Waals surface area contributed by atoms with Crippen LogP contribution in [0.15, 0.2) is 47.1 Å². The van der Waals surface area contributed by atoms with E-state index in [-0.39, 0.29) is 5.75 Å². The van der Waals surface area contributed by atoms with Crippen LogP contribution in [0.25, 0.3) is 23.0 Å². The molecule has 1 aromatic carbocycles. The smallest absolute Gasteiger partial charge is 0.276 e. The molecule has 94 valence electrons. The molecule has 0 aliphatic carbocycles. The van der Waals surface area contributed by atoms with E-state index < -0.39 is 0 Å². The topological polar surface area (TPSA) is 72.0 Å². The summed E-state index contributed by atoms with van der Waals surface area (Å²) in [5.74, 6) is 0.839. The number of halogens is 1. The van der Waals surface area contributed by atoms with Crippen molar-refractivity contribution in [3.8, 4) is 28.7 Å².